The molecule has 2 heterocycles. The summed E-state index contributed by atoms with van der Waals surface area (Å²) in [5.41, 5.74) is 1.08. The molecule has 0 N–H and O–H groups in total. The van der Waals surface area contributed by atoms with Crippen LogP contribution >= 0.6 is 0 Å². The molecule has 6 heteroatoms. The maximum atomic E-state index is 12.6. The number of amides is 2. The Labute approximate surface area is 128 Å². The second kappa shape index (κ2) is 5.43. The van der Waals surface area contributed by atoms with Gasteiger partial charge in [-0.2, -0.15) is 5.26 Å². The van der Waals surface area contributed by atoms with E-state index in [2.05, 4.69) is 0 Å². The topological polar surface area (TPSA) is 73.6 Å². The quantitative estimate of drug-likeness (QED) is 0.796. The van der Waals surface area contributed by atoms with Gasteiger partial charge in [0.1, 0.15) is 6.10 Å². The molecule has 2 fully saturated rings. The molecule has 0 aromatic heterocycles. The average molecular weight is 299 g/mol. The van der Waals surface area contributed by atoms with E-state index in [1.807, 2.05) is 6.07 Å². The van der Waals surface area contributed by atoms with E-state index in [4.69, 9.17) is 10.00 Å². The number of ether oxygens (including phenoxy) is 1. The Balaban J connectivity index is 1.77. The summed E-state index contributed by atoms with van der Waals surface area (Å²) in [6.07, 6.45) is -0.464. The molecule has 1 aromatic carbocycles. The van der Waals surface area contributed by atoms with Gasteiger partial charge in [0.2, 0.25) is 0 Å². The van der Waals surface area contributed by atoms with Crippen molar-refractivity contribution in [3.05, 3.63) is 35.4 Å². The van der Waals surface area contributed by atoms with Crippen LogP contribution in [0.15, 0.2) is 24.3 Å². The van der Waals surface area contributed by atoms with Gasteiger partial charge in [0.05, 0.1) is 17.7 Å². The van der Waals surface area contributed by atoms with E-state index in [9.17, 15) is 9.59 Å². The Bertz CT molecular complexity index is 650. The van der Waals surface area contributed by atoms with E-state index in [0.29, 0.717) is 24.2 Å². The van der Waals surface area contributed by atoms with E-state index >= 15 is 0 Å². The minimum Gasteiger partial charge on any atom is -0.371 e. The van der Waals surface area contributed by atoms with Gasteiger partial charge in [-0.1, -0.05) is 0 Å². The van der Waals surface area contributed by atoms with Crippen LogP contribution in [0.25, 0.3) is 0 Å². The van der Waals surface area contributed by atoms with Crippen molar-refractivity contribution in [2.75, 3.05) is 27.2 Å². The fourth-order valence-corrected chi connectivity index (χ4v) is 3.38. The van der Waals surface area contributed by atoms with E-state index in [0.717, 1.165) is 0 Å². The van der Waals surface area contributed by atoms with Gasteiger partial charge >= 0.3 is 0 Å². The molecule has 0 radical (unpaired) electrons. The number of benzene rings is 1. The smallest absolute Gasteiger partial charge is 0.253 e. The highest BCUT2D eigenvalue weighted by atomic mass is 16.5. The van der Waals surface area contributed by atoms with Gasteiger partial charge in [-0.15, -0.1) is 0 Å². The lowest BCUT2D eigenvalue weighted by Crippen LogP contribution is -2.38. The van der Waals surface area contributed by atoms with Crippen molar-refractivity contribution in [1.82, 2.24) is 9.80 Å². The molecule has 22 heavy (non-hydrogen) atoms. The highest BCUT2D eigenvalue weighted by Crippen LogP contribution is 2.33. The minimum absolute atomic E-state index is 0.0111. The first kappa shape index (κ1) is 14.5. The summed E-state index contributed by atoms with van der Waals surface area (Å²) in [6, 6.07) is 8.65. The molecule has 6 nitrogen and oxygen atoms in total. The Hall–Kier alpha value is -2.39. The molecule has 1 aromatic rings. The van der Waals surface area contributed by atoms with Gasteiger partial charge in [-0.05, 0) is 24.3 Å². The zero-order valence-electron chi connectivity index (χ0n) is 12.5. The maximum Gasteiger partial charge on any atom is 0.253 e. The number of likely N-dealkylation sites (tertiary alicyclic amines) is 2. The van der Waals surface area contributed by atoms with Crippen molar-refractivity contribution in [3.8, 4) is 6.07 Å². The van der Waals surface area contributed by atoms with Gasteiger partial charge < -0.3 is 14.5 Å². The summed E-state index contributed by atoms with van der Waals surface area (Å²) in [5.74, 6) is -0.0672. The van der Waals surface area contributed by atoms with E-state index in [1.54, 1.807) is 41.1 Å². The fourth-order valence-electron chi connectivity index (χ4n) is 3.38. The molecule has 114 valence electrons. The van der Waals surface area contributed by atoms with E-state index in [1.165, 1.54) is 7.11 Å². The molecular weight excluding hydrogens is 282 g/mol. The first-order valence-electron chi connectivity index (χ1n) is 7.15. The molecule has 0 bridgehead atoms. The Morgan fingerprint density at radius 3 is 2.59 bits per heavy atom. The largest absolute Gasteiger partial charge is 0.371 e. The molecule has 0 aliphatic carbocycles. The van der Waals surface area contributed by atoms with Crippen LogP contribution in [0.1, 0.15) is 15.9 Å². The van der Waals surface area contributed by atoms with Crippen molar-refractivity contribution in [2.45, 2.75) is 12.1 Å². The number of methoxy groups -OCH3 is 1. The number of nitrogens with zero attached hydrogens (tertiary/aromatic N) is 3. The van der Waals surface area contributed by atoms with Crippen molar-refractivity contribution in [3.63, 3.8) is 0 Å². The van der Waals surface area contributed by atoms with Crippen LogP contribution in [-0.2, 0) is 9.53 Å². The summed E-state index contributed by atoms with van der Waals surface area (Å²) in [5, 5.41) is 8.80. The molecule has 3 rings (SSSR count). The summed E-state index contributed by atoms with van der Waals surface area (Å²) in [4.78, 5) is 28.0. The van der Waals surface area contributed by atoms with Crippen molar-refractivity contribution >= 4 is 11.8 Å². The highest BCUT2D eigenvalue weighted by Gasteiger charge is 2.52. The molecule has 0 spiro atoms. The second-order valence-corrected chi connectivity index (χ2v) is 5.74. The Morgan fingerprint density at radius 2 is 2.00 bits per heavy atom. The van der Waals surface area contributed by atoms with Crippen LogP contribution in [0.2, 0.25) is 0 Å². The number of likely N-dealkylation sites (N-methyl/N-ethyl adjacent to an activating group) is 1. The van der Waals surface area contributed by atoms with Gasteiger partial charge in [-0.3, -0.25) is 9.59 Å². The van der Waals surface area contributed by atoms with Crippen molar-refractivity contribution in [1.29, 1.82) is 5.26 Å². The van der Waals surface area contributed by atoms with Gasteiger partial charge in [0.15, 0.2) is 0 Å². The lowest BCUT2D eigenvalue weighted by atomic mass is 10.0. The number of nitriles is 1. The third kappa shape index (κ3) is 2.14. The maximum absolute atomic E-state index is 12.6. The summed E-state index contributed by atoms with van der Waals surface area (Å²) >= 11 is 0. The third-order valence-electron chi connectivity index (χ3n) is 4.61. The van der Waals surface area contributed by atoms with Gasteiger partial charge in [0, 0.05) is 38.7 Å². The molecule has 3 atom stereocenters. The number of rotatable bonds is 2. The lowest BCUT2D eigenvalue weighted by Gasteiger charge is -2.22. The fraction of sp³-hybridized carbons (Fsp3) is 0.438. The normalized spacial score (nSPS) is 27.0. The molecule has 2 saturated heterocycles. The Morgan fingerprint density at radius 1 is 1.32 bits per heavy atom. The number of hydrogen-bond donors (Lipinski definition) is 0. The summed E-state index contributed by atoms with van der Waals surface area (Å²) in [7, 11) is 3.29. The second-order valence-electron chi connectivity index (χ2n) is 5.74. The van der Waals surface area contributed by atoms with Crippen LogP contribution in [0.3, 0.4) is 0 Å². The lowest BCUT2D eigenvalue weighted by molar-refractivity contribution is -0.136. The highest BCUT2D eigenvalue weighted by molar-refractivity contribution is 5.95. The Kier molecular flexibility index (Phi) is 3.59. The van der Waals surface area contributed by atoms with Gasteiger partial charge in [-0.25, -0.2) is 0 Å². The standard InChI is InChI=1S/C16H17N3O3/c1-18-13-9-19(8-12(13)14(22-2)16(18)21)15(20)11-5-3-10(7-17)4-6-11/h3-6,12-14H,8-9H2,1-2H3/t12-,13+,14-/m0/s1. The molecular formula is C16H17N3O3. The number of fused-ring (bicyclic) bond motifs is 1. The van der Waals surface area contributed by atoms with Crippen LogP contribution in [-0.4, -0.2) is 61.0 Å². The predicted octanol–water partition coefficient (Wildman–Crippen LogP) is 0.486. The summed E-state index contributed by atoms with van der Waals surface area (Å²) < 4.78 is 5.31. The first-order chi connectivity index (χ1) is 10.6. The number of carbonyl (C=O) groups is 2. The third-order valence-corrected chi connectivity index (χ3v) is 4.61. The zero-order chi connectivity index (χ0) is 15.9. The van der Waals surface area contributed by atoms with Crippen LogP contribution in [0.4, 0.5) is 0 Å². The van der Waals surface area contributed by atoms with Crippen LogP contribution < -0.4 is 0 Å². The molecule has 0 unspecified atom stereocenters. The molecule has 2 amide bonds. The van der Waals surface area contributed by atoms with Crippen LogP contribution in [0, 0.1) is 17.2 Å². The average Bonchev–Trinajstić information content (AvgIpc) is 3.07. The molecule has 2 aliphatic heterocycles. The first-order valence-corrected chi connectivity index (χ1v) is 7.15. The number of carbonyl (C=O) groups excluding carboxylic acids is 2. The molecule has 0 saturated carbocycles. The monoisotopic (exact) mass is 299 g/mol. The number of hydrogen-bond acceptors (Lipinski definition) is 4. The predicted molar refractivity (Wildman–Crippen MR) is 77.9 cm³/mol. The minimum atomic E-state index is -0.464. The SMILES string of the molecule is CO[C@@H]1C(=O)N(C)[C@@H]2CN(C(=O)c3ccc(C#N)cc3)C[C@H]12. The molecule has 2 aliphatic rings. The van der Waals surface area contributed by atoms with Crippen molar-refractivity contribution in [2.24, 2.45) is 5.92 Å². The van der Waals surface area contributed by atoms with E-state index < -0.39 is 6.10 Å². The summed E-state index contributed by atoms with van der Waals surface area (Å²) in [6.45, 7) is 1.03. The van der Waals surface area contributed by atoms with E-state index in [-0.39, 0.29) is 23.8 Å². The zero-order valence-corrected chi connectivity index (χ0v) is 12.5. The van der Waals surface area contributed by atoms with Crippen LogP contribution in [0.5, 0.6) is 0 Å². The van der Waals surface area contributed by atoms with Gasteiger partial charge in [0.25, 0.3) is 11.8 Å². The van der Waals surface area contributed by atoms with Crippen molar-refractivity contribution < 1.29 is 14.3 Å².